The van der Waals surface area contributed by atoms with Crippen molar-refractivity contribution >= 4 is 29.1 Å². The number of amides is 1. The smallest absolute Gasteiger partial charge is 0.252 e. The van der Waals surface area contributed by atoms with Crippen LogP contribution < -0.4 is 5.32 Å². The number of halogens is 2. The normalized spacial score (nSPS) is 10.5. The molecule has 2 heterocycles. The second-order valence-electron chi connectivity index (χ2n) is 4.93. The molecule has 0 saturated heterocycles. The van der Waals surface area contributed by atoms with E-state index in [4.69, 9.17) is 23.2 Å². The minimum Gasteiger partial charge on any atom is -0.355 e. The lowest BCUT2D eigenvalue weighted by molar-refractivity contribution is 0.0963. The molecule has 0 atom stereocenters. The Labute approximate surface area is 148 Å². The van der Waals surface area contributed by atoms with Gasteiger partial charge in [-0.25, -0.2) is 9.97 Å². The minimum atomic E-state index is -0.187. The summed E-state index contributed by atoms with van der Waals surface area (Å²) < 4.78 is 0. The van der Waals surface area contributed by atoms with Gasteiger partial charge >= 0.3 is 0 Å². The zero-order chi connectivity index (χ0) is 17.1. The maximum atomic E-state index is 11.6. The van der Waals surface area contributed by atoms with Crippen molar-refractivity contribution in [1.29, 1.82) is 0 Å². The third-order valence-electron chi connectivity index (χ3n) is 3.40. The van der Waals surface area contributed by atoms with E-state index in [9.17, 15) is 4.79 Å². The predicted molar refractivity (Wildman–Crippen MR) is 94.1 cm³/mol. The molecule has 0 radical (unpaired) electrons. The zero-order valence-corrected chi connectivity index (χ0v) is 14.1. The van der Waals surface area contributed by atoms with Crippen molar-refractivity contribution < 1.29 is 4.79 Å². The van der Waals surface area contributed by atoms with Gasteiger partial charge < -0.3 is 5.32 Å². The number of rotatable bonds is 3. The Kier molecular flexibility index (Phi) is 4.74. The summed E-state index contributed by atoms with van der Waals surface area (Å²) in [7, 11) is 1.57. The average molecular weight is 359 g/mol. The number of aromatic nitrogens is 3. The van der Waals surface area contributed by atoms with Crippen LogP contribution in [0.15, 0.2) is 48.9 Å². The predicted octanol–water partition coefficient (Wildman–Crippen LogP) is 3.87. The summed E-state index contributed by atoms with van der Waals surface area (Å²) >= 11 is 12.0. The summed E-state index contributed by atoms with van der Waals surface area (Å²) in [6.07, 6.45) is 2.97. The second-order valence-corrected chi connectivity index (χ2v) is 5.74. The average Bonchev–Trinajstić information content (AvgIpc) is 2.63. The number of benzene rings is 1. The lowest BCUT2D eigenvalue weighted by Gasteiger charge is -2.06. The van der Waals surface area contributed by atoms with E-state index >= 15 is 0 Å². The topological polar surface area (TPSA) is 67.8 Å². The van der Waals surface area contributed by atoms with Gasteiger partial charge in [-0.3, -0.25) is 9.78 Å². The molecule has 1 N–H and O–H groups in total. The molecule has 1 aromatic carbocycles. The first-order valence-electron chi connectivity index (χ1n) is 7.04. The van der Waals surface area contributed by atoms with Crippen LogP contribution in [0.3, 0.4) is 0 Å². The van der Waals surface area contributed by atoms with E-state index in [1.807, 2.05) is 12.1 Å². The Morgan fingerprint density at radius 3 is 2.38 bits per heavy atom. The van der Waals surface area contributed by atoms with Crippen LogP contribution in [0.2, 0.25) is 10.0 Å². The standard InChI is InChI=1S/C17H12Cl2N4O/c1-20-17(24)11-3-5-14(21-8-11)16-7-15(22-9-23-16)10-2-4-12(18)13(19)6-10/h2-9H,1H3,(H,20,24). The summed E-state index contributed by atoms with van der Waals surface area (Å²) in [5.74, 6) is -0.187. The summed E-state index contributed by atoms with van der Waals surface area (Å²) in [5.41, 5.74) is 3.31. The first-order chi connectivity index (χ1) is 11.6. The zero-order valence-electron chi connectivity index (χ0n) is 12.6. The lowest BCUT2D eigenvalue weighted by Crippen LogP contribution is -2.17. The number of hydrogen-bond acceptors (Lipinski definition) is 4. The van der Waals surface area contributed by atoms with Gasteiger partial charge in [0.1, 0.15) is 6.33 Å². The lowest BCUT2D eigenvalue weighted by atomic mass is 10.1. The van der Waals surface area contributed by atoms with E-state index in [1.165, 1.54) is 12.5 Å². The van der Waals surface area contributed by atoms with Crippen molar-refractivity contribution in [1.82, 2.24) is 20.3 Å². The maximum Gasteiger partial charge on any atom is 0.252 e. The first kappa shape index (κ1) is 16.4. The molecule has 0 fully saturated rings. The van der Waals surface area contributed by atoms with E-state index < -0.39 is 0 Å². The van der Waals surface area contributed by atoms with Gasteiger partial charge in [0.05, 0.1) is 32.7 Å². The summed E-state index contributed by atoms with van der Waals surface area (Å²) in [6, 6.07) is 10.5. The van der Waals surface area contributed by atoms with Gasteiger partial charge in [-0.05, 0) is 30.3 Å². The molecule has 5 nitrogen and oxygen atoms in total. The fraction of sp³-hybridized carbons (Fsp3) is 0.0588. The Morgan fingerprint density at radius 1 is 0.917 bits per heavy atom. The van der Waals surface area contributed by atoms with Crippen molar-refractivity contribution in [3.63, 3.8) is 0 Å². The summed E-state index contributed by atoms with van der Waals surface area (Å²) in [5, 5.41) is 3.50. The summed E-state index contributed by atoms with van der Waals surface area (Å²) in [4.78, 5) is 24.3. The highest BCUT2D eigenvalue weighted by molar-refractivity contribution is 6.42. The van der Waals surface area contributed by atoms with E-state index in [0.717, 1.165) is 5.56 Å². The van der Waals surface area contributed by atoms with Gasteiger partial charge in [0.2, 0.25) is 0 Å². The molecule has 0 aliphatic heterocycles. The van der Waals surface area contributed by atoms with Crippen molar-refractivity contribution in [3.8, 4) is 22.6 Å². The third-order valence-corrected chi connectivity index (χ3v) is 4.14. The highest BCUT2D eigenvalue weighted by Gasteiger charge is 2.09. The third kappa shape index (κ3) is 3.37. The van der Waals surface area contributed by atoms with Crippen LogP contribution in [0.1, 0.15) is 10.4 Å². The molecule has 0 unspecified atom stereocenters. The molecule has 7 heteroatoms. The molecule has 0 saturated carbocycles. The monoisotopic (exact) mass is 358 g/mol. The fourth-order valence-corrected chi connectivity index (χ4v) is 2.43. The molecule has 3 aromatic rings. The van der Waals surface area contributed by atoms with Crippen molar-refractivity contribution in [3.05, 3.63) is 64.5 Å². The Balaban J connectivity index is 1.95. The van der Waals surface area contributed by atoms with Gasteiger partial charge in [0, 0.05) is 18.8 Å². The highest BCUT2D eigenvalue weighted by Crippen LogP contribution is 2.28. The molecule has 3 rings (SSSR count). The van der Waals surface area contributed by atoms with Gasteiger partial charge in [0.25, 0.3) is 5.91 Å². The van der Waals surface area contributed by atoms with Crippen LogP contribution in [-0.2, 0) is 0 Å². The van der Waals surface area contributed by atoms with Crippen LogP contribution in [0.5, 0.6) is 0 Å². The molecule has 2 aromatic heterocycles. The molecular formula is C17H12Cl2N4O. The quantitative estimate of drug-likeness (QED) is 0.771. The van der Waals surface area contributed by atoms with Crippen LogP contribution in [0.25, 0.3) is 22.6 Å². The SMILES string of the molecule is CNC(=O)c1ccc(-c2cc(-c3ccc(Cl)c(Cl)c3)ncn2)nc1. The number of hydrogen-bond donors (Lipinski definition) is 1. The Hall–Kier alpha value is -2.50. The van der Waals surface area contributed by atoms with Gasteiger partial charge in [-0.1, -0.05) is 29.3 Å². The van der Waals surface area contributed by atoms with Gasteiger partial charge in [-0.15, -0.1) is 0 Å². The molecule has 24 heavy (non-hydrogen) atoms. The van der Waals surface area contributed by atoms with Crippen LogP contribution in [0, 0.1) is 0 Å². The number of carbonyl (C=O) groups excluding carboxylic acids is 1. The molecule has 1 amide bonds. The van der Waals surface area contributed by atoms with E-state index in [-0.39, 0.29) is 5.91 Å². The van der Waals surface area contributed by atoms with Crippen LogP contribution in [-0.4, -0.2) is 27.9 Å². The molecule has 0 spiro atoms. The van der Waals surface area contributed by atoms with Crippen molar-refractivity contribution in [2.45, 2.75) is 0 Å². The Morgan fingerprint density at radius 2 is 1.71 bits per heavy atom. The molecule has 0 aliphatic rings. The number of carbonyl (C=O) groups is 1. The Bertz CT molecular complexity index is 897. The van der Waals surface area contributed by atoms with Crippen molar-refractivity contribution in [2.24, 2.45) is 0 Å². The van der Waals surface area contributed by atoms with Crippen LogP contribution in [0.4, 0.5) is 0 Å². The highest BCUT2D eigenvalue weighted by atomic mass is 35.5. The van der Waals surface area contributed by atoms with Crippen molar-refractivity contribution in [2.75, 3.05) is 7.05 Å². The van der Waals surface area contributed by atoms with Gasteiger partial charge in [0.15, 0.2) is 0 Å². The largest absolute Gasteiger partial charge is 0.355 e. The second kappa shape index (κ2) is 6.95. The number of nitrogens with one attached hydrogen (secondary N) is 1. The van der Waals surface area contributed by atoms with E-state index in [2.05, 4.69) is 20.3 Å². The van der Waals surface area contributed by atoms with E-state index in [1.54, 1.807) is 31.3 Å². The van der Waals surface area contributed by atoms with Gasteiger partial charge in [-0.2, -0.15) is 0 Å². The molecule has 0 aliphatic carbocycles. The molecular weight excluding hydrogens is 347 g/mol. The molecule has 120 valence electrons. The number of nitrogens with zero attached hydrogens (tertiary/aromatic N) is 3. The molecule has 0 bridgehead atoms. The van der Waals surface area contributed by atoms with Crippen LogP contribution >= 0.6 is 23.2 Å². The number of pyridine rings is 1. The summed E-state index contributed by atoms with van der Waals surface area (Å²) in [6.45, 7) is 0. The van der Waals surface area contributed by atoms with E-state index in [0.29, 0.717) is 32.7 Å². The first-order valence-corrected chi connectivity index (χ1v) is 7.80. The minimum absolute atomic E-state index is 0.187. The maximum absolute atomic E-state index is 11.6. The fourth-order valence-electron chi connectivity index (χ4n) is 2.13.